The van der Waals surface area contributed by atoms with E-state index in [4.69, 9.17) is 21.7 Å². The zero-order valence-corrected chi connectivity index (χ0v) is 14.8. The highest BCUT2D eigenvalue weighted by atomic mass is 32.2. The fourth-order valence-corrected chi connectivity index (χ4v) is 4.32. The Morgan fingerprint density at radius 2 is 1.96 bits per heavy atom. The number of carbonyl (C=O) groups excluding carboxylic acids is 1. The maximum atomic E-state index is 12.7. The molecule has 3 aliphatic heterocycles. The van der Waals surface area contributed by atoms with E-state index in [1.165, 1.54) is 31.0 Å². The number of likely N-dealkylation sites (tertiary alicyclic amines) is 1. The Labute approximate surface area is 150 Å². The molecule has 0 unspecified atom stereocenters. The largest absolute Gasteiger partial charge is 0.454 e. The lowest BCUT2D eigenvalue weighted by Crippen LogP contribution is -2.42. The summed E-state index contributed by atoms with van der Waals surface area (Å²) in [5.41, 5.74) is 0.915. The van der Waals surface area contributed by atoms with Crippen LogP contribution in [0.15, 0.2) is 23.1 Å². The molecule has 3 aliphatic rings. The number of piperidine rings is 1. The van der Waals surface area contributed by atoms with Crippen LogP contribution >= 0.6 is 24.0 Å². The lowest BCUT2D eigenvalue weighted by atomic mass is 10.1. The van der Waals surface area contributed by atoms with E-state index >= 15 is 0 Å². The first kappa shape index (κ1) is 15.9. The van der Waals surface area contributed by atoms with E-state index < -0.39 is 0 Å². The Morgan fingerprint density at radius 3 is 2.79 bits per heavy atom. The maximum Gasteiger partial charge on any atom is 0.267 e. The zero-order valence-electron chi connectivity index (χ0n) is 13.2. The van der Waals surface area contributed by atoms with Crippen LogP contribution in [0.5, 0.6) is 11.5 Å². The minimum Gasteiger partial charge on any atom is -0.454 e. The van der Waals surface area contributed by atoms with Gasteiger partial charge in [-0.25, -0.2) is 0 Å². The molecule has 0 aromatic heterocycles. The Balaban J connectivity index is 1.50. The van der Waals surface area contributed by atoms with Gasteiger partial charge in [0.25, 0.3) is 5.91 Å². The van der Waals surface area contributed by atoms with Gasteiger partial charge in [-0.3, -0.25) is 14.6 Å². The summed E-state index contributed by atoms with van der Waals surface area (Å²) in [4.78, 5) is 17.4. The van der Waals surface area contributed by atoms with Crippen LogP contribution in [0, 0.1) is 0 Å². The molecule has 0 atom stereocenters. The second kappa shape index (κ2) is 6.74. The van der Waals surface area contributed by atoms with Crippen molar-refractivity contribution in [2.45, 2.75) is 19.3 Å². The molecule has 0 saturated carbocycles. The van der Waals surface area contributed by atoms with Crippen molar-refractivity contribution < 1.29 is 14.3 Å². The average Bonchev–Trinajstić information content (AvgIpc) is 3.16. The number of benzene rings is 1. The molecular formula is C17H18N2O3S2. The van der Waals surface area contributed by atoms with Gasteiger partial charge < -0.3 is 9.47 Å². The van der Waals surface area contributed by atoms with Crippen molar-refractivity contribution in [3.8, 4) is 11.5 Å². The molecule has 0 aliphatic carbocycles. The maximum absolute atomic E-state index is 12.7. The van der Waals surface area contributed by atoms with Crippen LogP contribution in [0.2, 0.25) is 0 Å². The summed E-state index contributed by atoms with van der Waals surface area (Å²) in [6.45, 7) is 2.93. The molecule has 0 N–H and O–H groups in total. The fraction of sp³-hybridized carbons (Fsp3) is 0.412. The molecule has 1 amide bonds. The van der Waals surface area contributed by atoms with Gasteiger partial charge in [-0.05, 0) is 49.7 Å². The Bertz CT molecular complexity index is 714. The predicted octanol–water partition coefficient (Wildman–Crippen LogP) is 3.06. The number of fused-ring (bicyclic) bond motifs is 1. The summed E-state index contributed by atoms with van der Waals surface area (Å²) in [7, 11) is 0. The van der Waals surface area contributed by atoms with Gasteiger partial charge in [-0.15, -0.1) is 0 Å². The van der Waals surface area contributed by atoms with E-state index in [0.29, 0.717) is 21.6 Å². The minimum atomic E-state index is -0.00626. The highest BCUT2D eigenvalue weighted by Gasteiger charge is 2.33. The van der Waals surface area contributed by atoms with Crippen LogP contribution in [0.25, 0.3) is 6.08 Å². The van der Waals surface area contributed by atoms with Gasteiger partial charge in [0, 0.05) is 0 Å². The van der Waals surface area contributed by atoms with Gasteiger partial charge >= 0.3 is 0 Å². The molecular weight excluding hydrogens is 344 g/mol. The monoisotopic (exact) mass is 362 g/mol. The van der Waals surface area contributed by atoms with Crippen LogP contribution in [0.1, 0.15) is 24.8 Å². The summed E-state index contributed by atoms with van der Waals surface area (Å²) >= 11 is 6.78. The van der Waals surface area contributed by atoms with Crippen molar-refractivity contribution in [3.63, 3.8) is 0 Å². The lowest BCUT2D eigenvalue weighted by Gasteiger charge is -2.29. The summed E-state index contributed by atoms with van der Waals surface area (Å²) in [6.07, 6.45) is 5.54. The van der Waals surface area contributed by atoms with Crippen LogP contribution in [0.3, 0.4) is 0 Å². The molecule has 7 heteroatoms. The second-order valence-corrected chi connectivity index (χ2v) is 7.72. The van der Waals surface area contributed by atoms with E-state index in [-0.39, 0.29) is 12.7 Å². The SMILES string of the molecule is O=C1C(=Cc2ccc3c(c2)OCO3)SC(=S)N1CN1CCCCC1. The third-order valence-corrected chi connectivity index (χ3v) is 5.74. The topological polar surface area (TPSA) is 42.0 Å². The molecule has 24 heavy (non-hydrogen) atoms. The van der Waals surface area contributed by atoms with E-state index in [1.807, 2.05) is 24.3 Å². The Kier molecular flexibility index (Phi) is 4.47. The van der Waals surface area contributed by atoms with Gasteiger partial charge in [0.2, 0.25) is 6.79 Å². The average molecular weight is 362 g/mol. The predicted molar refractivity (Wildman–Crippen MR) is 97.9 cm³/mol. The molecule has 5 nitrogen and oxygen atoms in total. The van der Waals surface area contributed by atoms with Crippen molar-refractivity contribution in [3.05, 3.63) is 28.7 Å². The van der Waals surface area contributed by atoms with Crippen molar-refractivity contribution in [2.24, 2.45) is 0 Å². The highest BCUT2D eigenvalue weighted by molar-refractivity contribution is 8.26. The standard InChI is InChI=1S/C17H18N2O3S2/c20-16-15(9-12-4-5-13-14(8-12)22-11-21-13)24-17(23)19(16)10-18-6-2-1-3-7-18/h4-5,8-9H,1-3,6-7,10-11H2. The van der Waals surface area contributed by atoms with E-state index in [1.54, 1.807) is 4.90 Å². The zero-order chi connectivity index (χ0) is 16.5. The molecule has 0 spiro atoms. The van der Waals surface area contributed by atoms with Crippen LogP contribution in [-0.2, 0) is 4.79 Å². The number of carbonyl (C=O) groups is 1. The molecule has 2 fully saturated rings. The molecule has 126 valence electrons. The van der Waals surface area contributed by atoms with Gasteiger partial charge in [0.1, 0.15) is 4.32 Å². The Hall–Kier alpha value is -1.57. The molecule has 3 heterocycles. The first-order chi connectivity index (χ1) is 11.7. The lowest BCUT2D eigenvalue weighted by molar-refractivity contribution is -0.123. The summed E-state index contributed by atoms with van der Waals surface area (Å²) < 4.78 is 11.3. The van der Waals surface area contributed by atoms with Crippen molar-refractivity contribution in [1.82, 2.24) is 9.80 Å². The number of thioether (sulfide) groups is 1. The summed E-state index contributed by atoms with van der Waals surface area (Å²) in [5, 5.41) is 0. The van der Waals surface area contributed by atoms with Crippen molar-refractivity contribution >= 4 is 40.3 Å². The summed E-state index contributed by atoms with van der Waals surface area (Å²) in [6, 6.07) is 5.67. The molecule has 1 aromatic carbocycles. The van der Waals surface area contributed by atoms with E-state index in [2.05, 4.69) is 4.90 Å². The van der Waals surface area contributed by atoms with Gasteiger partial charge in [0.15, 0.2) is 11.5 Å². The molecule has 1 aromatic rings. The number of nitrogens with zero attached hydrogens (tertiary/aromatic N) is 2. The highest BCUT2D eigenvalue weighted by Crippen LogP contribution is 2.36. The number of hydrogen-bond donors (Lipinski definition) is 0. The first-order valence-corrected chi connectivity index (χ1v) is 9.30. The third kappa shape index (κ3) is 3.16. The van der Waals surface area contributed by atoms with Crippen LogP contribution in [0.4, 0.5) is 0 Å². The minimum absolute atomic E-state index is 0.00626. The van der Waals surface area contributed by atoms with Gasteiger partial charge in [-0.1, -0.05) is 36.5 Å². The molecule has 0 radical (unpaired) electrons. The smallest absolute Gasteiger partial charge is 0.267 e. The number of amides is 1. The Morgan fingerprint density at radius 1 is 1.17 bits per heavy atom. The van der Waals surface area contributed by atoms with Crippen molar-refractivity contribution in [1.29, 1.82) is 0 Å². The molecule has 4 rings (SSSR count). The molecule has 0 bridgehead atoms. The number of rotatable bonds is 3. The fourth-order valence-electron chi connectivity index (χ4n) is 3.08. The van der Waals surface area contributed by atoms with Gasteiger partial charge in [-0.2, -0.15) is 0 Å². The number of thiocarbonyl (C=S) groups is 1. The van der Waals surface area contributed by atoms with E-state index in [9.17, 15) is 4.79 Å². The normalized spacial score (nSPS) is 22.7. The number of hydrogen-bond acceptors (Lipinski definition) is 6. The molecule has 2 saturated heterocycles. The second-order valence-electron chi connectivity index (χ2n) is 6.04. The first-order valence-electron chi connectivity index (χ1n) is 8.08. The number of ether oxygens (including phenoxy) is 2. The van der Waals surface area contributed by atoms with E-state index in [0.717, 1.165) is 24.4 Å². The van der Waals surface area contributed by atoms with Crippen LogP contribution < -0.4 is 9.47 Å². The summed E-state index contributed by atoms with van der Waals surface area (Å²) in [5.74, 6) is 1.45. The van der Waals surface area contributed by atoms with Crippen molar-refractivity contribution in [2.75, 3.05) is 26.6 Å². The third-order valence-electron chi connectivity index (χ3n) is 4.36. The van der Waals surface area contributed by atoms with Gasteiger partial charge in [0.05, 0.1) is 11.6 Å². The quantitative estimate of drug-likeness (QED) is 0.608. The van der Waals surface area contributed by atoms with Crippen LogP contribution in [-0.4, -0.2) is 46.6 Å².